The lowest BCUT2D eigenvalue weighted by atomic mass is 9.76. The molecule has 2 atom stereocenters. The fraction of sp³-hybridized carbons (Fsp3) is 0.189. The van der Waals surface area contributed by atoms with Gasteiger partial charge in [-0.2, -0.15) is 0 Å². The van der Waals surface area contributed by atoms with Gasteiger partial charge in [-0.3, -0.25) is 0 Å². The molecule has 0 fully saturated rings. The van der Waals surface area contributed by atoms with Crippen molar-refractivity contribution in [1.82, 2.24) is 0 Å². The summed E-state index contributed by atoms with van der Waals surface area (Å²) in [5, 5.41) is 0. The Hall–Kier alpha value is -3.90. The van der Waals surface area contributed by atoms with Crippen molar-refractivity contribution in [2.45, 2.75) is 43.4 Å². The molecule has 2 unspecified atom stereocenters. The highest BCUT2D eigenvalue weighted by Crippen LogP contribution is 2.41. The molecule has 37 heavy (non-hydrogen) atoms. The van der Waals surface area contributed by atoms with E-state index in [4.69, 9.17) is 0 Å². The summed E-state index contributed by atoms with van der Waals surface area (Å²) in [7, 11) is 0. The first-order valence-corrected chi connectivity index (χ1v) is 13.6. The predicted octanol–water partition coefficient (Wildman–Crippen LogP) is 10.00. The van der Waals surface area contributed by atoms with Gasteiger partial charge in [0.05, 0.1) is 0 Å². The van der Waals surface area contributed by atoms with Gasteiger partial charge in [0.25, 0.3) is 0 Å². The average molecular weight is 481 g/mol. The van der Waals surface area contributed by atoms with Crippen LogP contribution in [0.25, 0.3) is 0 Å². The monoisotopic (exact) mass is 480 g/mol. The average Bonchev–Trinajstić information content (AvgIpc) is 2.99. The smallest absolute Gasteiger partial charge is 0.00951 e. The lowest BCUT2D eigenvalue weighted by Crippen LogP contribution is -2.12. The third-order valence-corrected chi connectivity index (χ3v) is 7.61. The van der Waals surface area contributed by atoms with Crippen LogP contribution >= 0.6 is 0 Å². The second kappa shape index (κ2) is 12.9. The zero-order chi connectivity index (χ0) is 25.1. The molecule has 0 amide bonds. The highest BCUT2D eigenvalue weighted by atomic mass is 14.3. The molecule has 0 bridgehead atoms. The first kappa shape index (κ1) is 24.8. The first-order valence-electron chi connectivity index (χ1n) is 13.6. The minimum atomic E-state index is 0.355. The SMILES string of the molecule is C1=CCC(=CCC(CC(CC(c2ccccc2)c2ccccc2)c2ccccc2)c2ccccc2)C=C1. The van der Waals surface area contributed by atoms with Gasteiger partial charge >= 0.3 is 0 Å². The highest BCUT2D eigenvalue weighted by Gasteiger charge is 2.25. The quantitative estimate of drug-likeness (QED) is 0.212. The first-order chi connectivity index (χ1) is 18.4. The van der Waals surface area contributed by atoms with Crippen molar-refractivity contribution in [3.8, 4) is 0 Å². The summed E-state index contributed by atoms with van der Waals surface area (Å²) in [6.45, 7) is 0. The fourth-order valence-corrected chi connectivity index (χ4v) is 5.63. The molecule has 0 aromatic heterocycles. The highest BCUT2D eigenvalue weighted by molar-refractivity contribution is 5.35. The van der Waals surface area contributed by atoms with Crippen LogP contribution < -0.4 is 0 Å². The van der Waals surface area contributed by atoms with Crippen LogP contribution in [0.3, 0.4) is 0 Å². The molecule has 0 heterocycles. The molecule has 4 aromatic carbocycles. The Balaban J connectivity index is 1.49. The van der Waals surface area contributed by atoms with Crippen molar-refractivity contribution in [3.05, 3.63) is 180 Å². The second-order valence-corrected chi connectivity index (χ2v) is 10.1. The lowest BCUT2D eigenvalue weighted by molar-refractivity contribution is 0.485. The topological polar surface area (TPSA) is 0 Å². The van der Waals surface area contributed by atoms with Crippen LogP contribution in [0.1, 0.15) is 65.7 Å². The largest absolute Gasteiger partial charge is 0.0804 e. The van der Waals surface area contributed by atoms with E-state index in [2.05, 4.69) is 152 Å². The van der Waals surface area contributed by atoms with E-state index in [-0.39, 0.29) is 0 Å². The summed E-state index contributed by atoms with van der Waals surface area (Å²) in [6, 6.07) is 44.4. The molecule has 0 heteroatoms. The molecule has 184 valence electrons. The Bertz CT molecular complexity index is 1260. The fourth-order valence-electron chi connectivity index (χ4n) is 5.63. The molecule has 4 aromatic rings. The van der Waals surface area contributed by atoms with Crippen molar-refractivity contribution < 1.29 is 0 Å². The number of rotatable bonds is 10. The molecular formula is C37H36. The van der Waals surface area contributed by atoms with Gasteiger partial charge < -0.3 is 0 Å². The Kier molecular flexibility index (Phi) is 8.62. The molecule has 0 saturated carbocycles. The van der Waals surface area contributed by atoms with Crippen LogP contribution in [0.5, 0.6) is 0 Å². The van der Waals surface area contributed by atoms with Crippen LogP contribution in [0, 0.1) is 0 Å². The van der Waals surface area contributed by atoms with E-state index in [0.717, 1.165) is 25.7 Å². The van der Waals surface area contributed by atoms with Gasteiger partial charge in [0.2, 0.25) is 0 Å². The molecule has 0 radical (unpaired) electrons. The Labute approximate surface area is 222 Å². The maximum absolute atomic E-state index is 2.46. The summed E-state index contributed by atoms with van der Waals surface area (Å²) in [5.74, 6) is 1.26. The van der Waals surface area contributed by atoms with Crippen molar-refractivity contribution in [2.24, 2.45) is 0 Å². The van der Waals surface area contributed by atoms with Crippen LogP contribution in [-0.2, 0) is 0 Å². The van der Waals surface area contributed by atoms with Gasteiger partial charge in [-0.1, -0.05) is 152 Å². The van der Waals surface area contributed by atoms with E-state index in [9.17, 15) is 0 Å². The number of hydrogen-bond donors (Lipinski definition) is 0. The number of allylic oxidation sites excluding steroid dienone is 6. The molecule has 1 aliphatic rings. The molecule has 0 N–H and O–H groups in total. The summed E-state index contributed by atoms with van der Waals surface area (Å²) in [5.41, 5.74) is 7.09. The molecule has 0 saturated heterocycles. The minimum Gasteiger partial charge on any atom is -0.0804 e. The van der Waals surface area contributed by atoms with E-state index >= 15 is 0 Å². The lowest BCUT2D eigenvalue weighted by Gasteiger charge is -2.28. The molecule has 1 aliphatic carbocycles. The van der Waals surface area contributed by atoms with Gasteiger partial charge in [-0.25, -0.2) is 0 Å². The van der Waals surface area contributed by atoms with Crippen molar-refractivity contribution in [1.29, 1.82) is 0 Å². The number of hydrogen-bond acceptors (Lipinski definition) is 0. The minimum absolute atomic E-state index is 0.355. The zero-order valence-electron chi connectivity index (χ0n) is 21.5. The van der Waals surface area contributed by atoms with Crippen molar-refractivity contribution >= 4 is 0 Å². The van der Waals surface area contributed by atoms with E-state index in [1.807, 2.05) is 0 Å². The normalized spacial score (nSPS) is 15.6. The van der Waals surface area contributed by atoms with Crippen LogP contribution in [-0.4, -0.2) is 0 Å². The van der Waals surface area contributed by atoms with Crippen LogP contribution in [0.4, 0.5) is 0 Å². The maximum atomic E-state index is 2.46. The standard InChI is InChI=1S/C37H36/c1-6-16-30(17-7-1)26-27-35(31-18-8-2-9-19-31)28-36(32-20-10-3-11-21-32)29-37(33-22-12-4-13-23-33)34-24-14-5-15-25-34/h1-16,18-26,35-37H,17,27-29H2. The molecular weight excluding hydrogens is 444 g/mol. The van der Waals surface area contributed by atoms with Gasteiger partial charge in [-0.05, 0) is 65.3 Å². The van der Waals surface area contributed by atoms with E-state index in [0.29, 0.717) is 17.8 Å². The van der Waals surface area contributed by atoms with Gasteiger partial charge in [0.1, 0.15) is 0 Å². The van der Waals surface area contributed by atoms with Crippen LogP contribution in [0.2, 0.25) is 0 Å². The Morgan fingerprint density at radius 3 is 1.49 bits per heavy atom. The maximum Gasteiger partial charge on any atom is 0.00951 e. The third kappa shape index (κ3) is 6.86. The van der Waals surface area contributed by atoms with E-state index < -0.39 is 0 Å². The van der Waals surface area contributed by atoms with Crippen molar-refractivity contribution in [2.75, 3.05) is 0 Å². The molecule has 0 aliphatic heterocycles. The molecule has 5 rings (SSSR count). The van der Waals surface area contributed by atoms with Gasteiger partial charge in [-0.15, -0.1) is 0 Å². The summed E-state index contributed by atoms with van der Waals surface area (Å²) in [4.78, 5) is 0. The predicted molar refractivity (Wildman–Crippen MR) is 158 cm³/mol. The number of benzene rings is 4. The summed E-state index contributed by atoms with van der Waals surface area (Å²) < 4.78 is 0. The summed E-state index contributed by atoms with van der Waals surface area (Å²) >= 11 is 0. The van der Waals surface area contributed by atoms with E-state index in [1.165, 1.54) is 27.8 Å². The van der Waals surface area contributed by atoms with Crippen molar-refractivity contribution in [3.63, 3.8) is 0 Å². The summed E-state index contributed by atoms with van der Waals surface area (Å²) in [6.07, 6.45) is 15.6. The molecule has 0 nitrogen and oxygen atoms in total. The third-order valence-electron chi connectivity index (χ3n) is 7.61. The zero-order valence-corrected chi connectivity index (χ0v) is 21.5. The molecule has 0 spiro atoms. The van der Waals surface area contributed by atoms with E-state index in [1.54, 1.807) is 0 Å². The van der Waals surface area contributed by atoms with Crippen LogP contribution in [0.15, 0.2) is 157 Å². The van der Waals surface area contributed by atoms with Gasteiger partial charge in [0.15, 0.2) is 0 Å². The van der Waals surface area contributed by atoms with Gasteiger partial charge in [0, 0.05) is 5.92 Å². The second-order valence-electron chi connectivity index (χ2n) is 10.1. The Morgan fingerprint density at radius 1 is 0.514 bits per heavy atom. The Morgan fingerprint density at radius 2 is 1.00 bits per heavy atom.